The molecule has 56 heavy (non-hydrogen) atoms. The van der Waals surface area contributed by atoms with Crippen LogP contribution in [0, 0.1) is 70.5 Å². The Morgan fingerprint density at radius 3 is 1.59 bits per heavy atom. The van der Waals surface area contributed by atoms with Crippen molar-refractivity contribution in [2.75, 3.05) is 0 Å². The first-order chi connectivity index (χ1) is 27.4. The van der Waals surface area contributed by atoms with Crippen LogP contribution < -0.4 is 22.8 Å². The summed E-state index contributed by atoms with van der Waals surface area (Å²) in [7, 11) is 0. The summed E-state index contributed by atoms with van der Waals surface area (Å²) >= 11 is 0. The van der Waals surface area contributed by atoms with Gasteiger partial charge >= 0.3 is 22.8 Å². The molecule has 10 bridgehead atoms. The lowest BCUT2D eigenvalue weighted by Gasteiger charge is -2.65. The van der Waals surface area contributed by atoms with E-state index in [9.17, 15) is 0 Å². The Hall–Kier alpha value is -4.60. The van der Waals surface area contributed by atoms with Gasteiger partial charge in [0.25, 0.3) is 0 Å². The van der Waals surface area contributed by atoms with Crippen LogP contribution in [-0.4, -0.2) is 27.9 Å². The Bertz CT molecular complexity index is 2720. The highest BCUT2D eigenvalue weighted by molar-refractivity contribution is 5.49. The minimum atomic E-state index is -0.514. The third kappa shape index (κ3) is 2.88. The number of allylic oxidation sites excluding steroid dienone is 4. The van der Waals surface area contributed by atoms with Gasteiger partial charge in [-0.25, -0.2) is 47.0 Å². The largest absolute Gasteiger partial charge is 0.352 e. The molecule has 13 aliphatic rings. The lowest BCUT2D eigenvalue weighted by atomic mass is 9.41. The maximum atomic E-state index is 15.2. The molecule has 4 heterocycles. The van der Waals surface area contributed by atoms with Crippen LogP contribution in [0.3, 0.4) is 0 Å². The van der Waals surface area contributed by atoms with Crippen molar-refractivity contribution in [2.24, 2.45) is 70.5 Å². The maximum absolute atomic E-state index is 15.2. The van der Waals surface area contributed by atoms with Crippen LogP contribution in [0.25, 0.3) is 11.4 Å². The standard InChI is InChI=1S/C46H46N6O4/c53-40-47(32-7-3-1-4-8-32)42(55)51-45(28-15-24-13-25(17-28)18-29(45)16-24)36-23-35-37(38(36)49(40)51)34-11-12-44(35)39(34)50-41(54)48(33-9-5-2-6-10-33)43(56)52(50)46(44)30-19-26-14-27(21-30)22-31(46)20-26/h1-12,23-31,34-35,37-39H,13-22H2. The highest BCUT2D eigenvalue weighted by atomic mass is 16.2. The summed E-state index contributed by atoms with van der Waals surface area (Å²) in [5, 5.41) is 0. The van der Waals surface area contributed by atoms with E-state index in [0.717, 1.165) is 51.4 Å². The van der Waals surface area contributed by atoms with Gasteiger partial charge in [0.2, 0.25) is 0 Å². The van der Waals surface area contributed by atoms with Gasteiger partial charge in [0.05, 0.1) is 34.5 Å². The van der Waals surface area contributed by atoms with Crippen molar-refractivity contribution in [3.63, 3.8) is 0 Å². The second kappa shape index (κ2) is 9.40. The molecule has 9 fully saturated rings. The Labute approximate surface area is 322 Å². The van der Waals surface area contributed by atoms with Gasteiger partial charge in [-0.2, -0.15) is 0 Å². The van der Waals surface area contributed by atoms with Crippen LogP contribution in [0.2, 0.25) is 0 Å². The lowest BCUT2D eigenvalue weighted by molar-refractivity contribution is -0.151. The molecular formula is C46H46N6O4. The molecule has 10 heteroatoms. The molecule has 284 valence electrons. The number of benzene rings is 2. The predicted molar refractivity (Wildman–Crippen MR) is 207 cm³/mol. The molecule has 9 saturated carbocycles. The molecule has 0 radical (unpaired) electrons. The molecule has 6 atom stereocenters. The SMILES string of the molecule is O=c1n(-c2ccccc2)c(=O)n2n1C1C(=CC3C1C1C=CC34C1n1c(=O)n(-c3ccccc3)c(=O)n1C41C3CC4CC(C3)CC1C4)C21C2CC3CC(C2)CC1C3. The molecule has 2 aromatic heterocycles. The molecular weight excluding hydrogens is 701 g/mol. The summed E-state index contributed by atoms with van der Waals surface area (Å²) in [6, 6.07) is 18.6. The molecule has 0 saturated heterocycles. The van der Waals surface area contributed by atoms with E-state index in [0.29, 0.717) is 58.7 Å². The quantitative estimate of drug-likeness (QED) is 0.257. The fourth-order valence-electron chi connectivity index (χ4n) is 18.5. The van der Waals surface area contributed by atoms with E-state index in [4.69, 9.17) is 0 Å². The fourth-order valence-corrected chi connectivity index (χ4v) is 18.5. The minimum absolute atomic E-state index is 0.0245. The van der Waals surface area contributed by atoms with Crippen molar-refractivity contribution >= 4 is 0 Å². The summed E-state index contributed by atoms with van der Waals surface area (Å²) in [5.74, 6) is 4.11. The first kappa shape index (κ1) is 30.5. The van der Waals surface area contributed by atoms with Gasteiger partial charge in [0.1, 0.15) is 0 Å². The normalized spacial score (nSPS) is 46.6. The van der Waals surface area contributed by atoms with Crippen molar-refractivity contribution in [3.05, 3.63) is 126 Å². The number of aromatic nitrogens is 6. The smallest absolute Gasteiger partial charge is 0.245 e. The van der Waals surface area contributed by atoms with Crippen molar-refractivity contribution < 1.29 is 0 Å². The molecule has 6 unspecified atom stereocenters. The zero-order valence-corrected chi connectivity index (χ0v) is 31.4. The average Bonchev–Trinajstić information content (AvgIpc) is 4.02. The third-order valence-corrected chi connectivity index (χ3v) is 19.0. The van der Waals surface area contributed by atoms with E-state index >= 15 is 19.2 Å². The van der Waals surface area contributed by atoms with Crippen molar-refractivity contribution in [3.8, 4) is 11.4 Å². The van der Waals surface area contributed by atoms with E-state index in [1.54, 1.807) is 0 Å². The number of fused-ring (bicyclic) bond motifs is 7. The van der Waals surface area contributed by atoms with Gasteiger partial charge in [-0.05, 0) is 147 Å². The second-order valence-corrected chi connectivity index (χ2v) is 20.5. The molecule has 4 aromatic rings. The topological polar surface area (TPSA) is 97.9 Å². The summed E-state index contributed by atoms with van der Waals surface area (Å²) in [4.78, 5) is 60.7. The highest BCUT2D eigenvalue weighted by Gasteiger charge is 2.84. The van der Waals surface area contributed by atoms with Crippen LogP contribution in [0.15, 0.2) is 104 Å². The zero-order valence-electron chi connectivity index (χ0n) is 31.4. The molecule has 17 rings (SSSR count). The van der Waals surface area contributed by atoms with Crippen molar-refractivity contribution in [1.82, 2.24) is 27.9 Å². The summed E-state index contributed by atoms with van der Waals surface area (Å²) < 4.78 is 10.9. The van der Waals surface area contributed by atoms with Crippen LogP contribution >= 0.6 is 0 Å². The van der Waals surface area contributed by atoms with Crippen LogP contribution in [-0.2, 0) is 11.1 Å². The lowest BCUT2D eigenvalue weighted by Crippen LogP contribution is -2.67. The van der Waals surface area contributed by atoms with Gasteiger partial charge in [0.15, 0.2) is 0 Å². The fraction of sp³-hybridized carbons (Fsp3) is 0.565. The Morgan fingerprint density at radius 2 is 1.04 bits per heavy atom. The summed E-state index contributed by atoms with van der Waals surface area (Å²) in [5.41, 5.74) is 0.298. The van der Waals surface area contributed by atoms with Crippen molar-refractivity contribution in [2.45, 2.75) is 87.4 Å². The summed E-state index contributed by atoms with van der Waals surface area (Å²) in [6.45, 7) is 0. The molecule has 0 N–H and O–H groups in total. The zero-order chi connectivity index (χ0) is 36.8. The van der Waals surface area contributed by atoms with Crippen LogP contribution in [0.4, 0.5) is 0 Å². The van der Waals surface area contributed by atoms with Crippen LogP contribution in [0.5, 0.6) is 0 Å². The molecule has 0 amide bonds. The van der Waals surface area contributed by atoms with E-state index in [2.05, 4.69) is 22.9 Å². The molecule has 2 aliphatic heterocycles. The first-order valence-corrected chi connectivity index (χ1v) is 21.8. The molecule has 2 aromatic carbocycles. The Balaban J connectivity index is 1.01. The predicted octanol–water partition coefficient (Wildman–Crippen LogP) is 5.39. The monoisotopic (exact) mass is 746 g/mol. The average molecular weight is 747 g/mol. The van der Waals surface area contributed by atoms with Gasteiger partial charge in [-0.3, -0.25) is 0 Å². The van der Waals surface area contributed by atoms with Crippen LogP contribution in [0.1, 0.15) is 76.3 Å². The van der Waals surface area contributed by atoms with E-state index in [1.165, 1.54) is 27.5 Å². The van der Waals surface area contributed by atoms with Gasteiger partial charge < -0.3 is 0 Å². The van der Waals surface area contributed by atoms with Gasteiger partial charge in [-0.15, -0.1) is 0 Å². The number of nitrogens with zero attached hydrogens (tertiary/aromatic N) is 6. The first-order valence-electron chi connectivity index (χ1n) is 21.8. The number of hydrogen-bond donors (Lipinski definition) is 0. The second-order valence-electron chi connectivity index (χ2n) is 20.5. The van der Waals surface area contributed by atoms with Gasteiger partial charge in [0, 0.05) is 17.3 Å². The van der Waals surface area contributed by atoms with Crippen molar-refractivity contribution in [1.29, 1.82) is 0 Å². The highest BCUT2D eigenvalue weighted by Crippen LogP contribution is 2.83. The van der Waals surface area contributed by atoms with Gasteiger partial charge in [-0.1, -0.05) is 54.6 Å². The number of rotatable bonds is 2. The number of para-hydroxylation sites is 2. The molecule has 2 spiro atoms. The third-order valence-electron chi connectivity index (χ3n) is 19.0. The Morgan fingerprint density at radius 1 is 0.536 bits per heavy atom. The maximum Gasteiger partial charge on any atom is 0.352 e. The number of hydrogen-bond acceptors (Lipinski definition) is 4. The molecule has 11 aliphatic carbocycles. The van der Waals surface area contributed by atoms with E-state index in [-0.39, 0.29) is 52.6 Å². The summed E-state index contributed by atoms with van der Waals surface area (Å²) in [6.07, 6.45) is 19.1. The van der Waals surface area contributed by atoms with E-state index < -0.39 is 16.5 Å². The Kier molecular flexibility index (Phi) is 5.12. The molecule has 10 nitrogen and oxygen atoms in total. The minimum Gasteiger partial charge on any atom is -0.245 e. The van der Waals surface area contributed by atoms with E-state index in [1.807, 2.05) is 74.7 Å².